The molecule has 3 heteroatoms. The highest BCUT2D eigenvalue weighted by atomic mass is 16.3. The quantitative estimate of drug-likeness (QED) is 0.469. The second kappa shape index (κ2) is 3.88. The Hall–Kier alpha value is -1.22. The van der Waals surface area contributed by atoms with Crippen molar-refractivity contribution in [1.82, 2.24) is 5.32 Å². The molecule has 0 saturated carbocycles. The van der Waals surface area contributed by atoms with E-state index in [4.69, 9.17) is 5.73 Å². The number of rotatable bonds is 1. The summed E-state index contributed by atoms with van der Waals surface area (Å²) in [5, 5.41) is 12.9. The average molecular weight is 192 g/mol. The predicted octanol–water partition coefficient (Wildman–Crippen LogP) is 1.79. The SMILES string of the molecule is Nc1ccc(C2CCCCN2)cc1O. The van der Waals surface area contributed by atoms with Gasteiger partial charge in [-0.3, -0.25) is 0 Å². The summed E-state index contributed by atoms with van der Waals surface area (Å²) in [5.74, 6) is 0.190. The van der Waals surface area contributed by atoms with Crippen LogP contribution in [0.4, 0.5) is 5.69 Å². The van der Waals surface area contributed by atoms with Gasteiger partial charge in [0.15, 0.2) is 0 Å². The Kier molecular flexibility index (Phi) is 2.59. The molecule has 14 heavy (non-hydrogen) atoms. The van der Waals surface area contributed by atoms with Crippen LogP contribution in [-0.4, -0.2) is 11.7 Å². The Labute approximate surface area is 83.9 Å². The van der Waals surface area contributed by atoms with Crippen LogP contribution >= 0.6 is 0 Å². The Morgan fingerprint density at radius 2 is 2.21 bits per heavy atom. The minimum absolute atomic E-state index is 0.190. The van der Waals surface area contributed by atoms with Crippen molar-refractivity contribution in [2.75, 3.05) is 12.3 Å². The topological polar surface area (TPSA) is 58.3 Å². The number of anilines is 1. The first kappa shape index (κ1) is 9.34. The number of nitrogen functional groups attached to an aromatic ring is 1. The summed E-state index contributed by atoms with van der Waals surface area (Å²) in [6.45, 7) is 1.07. The van der Waals surface area contributed by atoms with Crippen molar-refractivity contribution in [2.24, 2.45) is 0 Å². The smallest absolute Gasteiger partial charge is 0.138 e. The Morgan fingerprint density at radius 1 is 1.36 bits per heavy atom. The van der Waals surface area contributed by atoms with E-state index in [0.29, 0.717) is 11.7 Å². The second-order valence-corrected chi connectivity index (χ2v) is 3.82. The zero-order valence-corrected chi connectivity index (χ0v) is 8.16. The summed E-state index contributed by atoms with van der Waals surface area (Å²) in [6, 6.07) is 5.90. The van der Waals surface area contributed by atoms with Crippen LogP contribution in [-0.2, 0) is 0 Å². The number of piperidine rings is 1. The lowest BCUT2D eigenvalue weighted by atomic mass is 9.97. The first-order valence-electron chi connectivity index (χ1n) is 5.09. The number of hydrogen-bond donors (Lipinski definition) is 3. The minimum Gasteiger partial charge on any atom is -0.506 e. The molecule has 0 aliphatic carbocycles. The molecule has 0 spiro atoms. The first-order chi connectivity index (χ1) is 6.77. The molecule has 1 saturated heterocycles. The van der Waals surface area contributed by atoms with Crippen molar-refractivity contribution < 1.29 is 5.11 Å². The normalized spacial score (nSPS) is 22.1. The molecule has 1 aromatic rings. The van der Waals surface area contributed by atoms with Crippen molar-refractivity contribution in [2.45, 2.75) is 25.3 Å². The van der Waals surface area contributed by atoms with E-state index < -0.39 is 0 Å². The predicted molar refractivity (Wildman–Crippen MR) is 57.1 cm³/mol. The monoisotopic (exact) mass is 192 g/mol. The molecule has 1 aliphatic heterocycles. The van der Waals surface area contributed by atoms with Gasteiger partial charge < -0.3 is 16.2 Å². The second-order valence-electron chi connectivity index (χ2n) is 3.82. The molecule has 0 aromatic heterocycles. The highest BCUT2D eigenvalue weighted by Crippen LogP contribution is 2.28. The lowest BCUT2D eigenvalue weighted by molar-refractivity contribution is 0.409. The summed E-state index contributed by atoms with van der Waals surface area (Å²) in [7, 11) is 0. The van der Waals surface area contributed by atoms with Crippen LogP contribution in [0.25, 0.3) is 0 Å². The largest absolute Gasteiger partial charge is 0.506 e. The first-order valence-corrected chi connectivity index (χ1v) is 5.09. The third-order valence-corrected chi connectivity index (χ3v) is 2.77. The molecule has 1 fully saturated rings. The highest BCUT2D eigenvalue weighted by Gasteiger charge is 2.15. The molecular weight excluding hydrogens is 176 g/mol. The number of phenols is 1. The van der Waals surface area contributed by atoms with Crippen molar-refractivity contribution in [3.8, 4) is 5.75 Å². The van der Waals surface area contributed by atoms with Gasteiger partial charge in [0.1, 0.15) is 5.75 Å². The molecule has 2 rings (SSSR count). The molecule has 1 aromatic carbocycles. The molecule has 0 amide bonds. The summed E-state index contributed by atoms with van der Waals surface area (Å²) in [5.41, 5.74) is 7.13. The van der Waals surface area contributed by atoms with E-state index in [1.165, 1.54) is 12.8 Å². The molecule has 0 radical (unpaired) electrons. The maximum atomic E-state index is 9.48. The van der Waals surface area contributed by atoms with Gasteiger partial charge in [0.2, 0.25) is 0 Å². The van der Waals surface area contributed by atoms with Gasteiger partial charge in [0, 0.05) is 6.04 Å². The Balaban J connectivity index is 2.18. The average Bonchev–Trinajstić information content (AvgIpc) is 2.23. The lowest BCUT2D eigenvalue weighted by Crippen LogP contribution is -2.26. The summed E-state index contributed by atoms with van der Waals surface area (Å²) >= 11 is 0. The highest BCUT2D eigenvalue weighted by molar-refractivity contribution is 5.53. The van der Waals surface area contributed by atoms with E-state index in [-0.39, 0.29) is 5.75 Å². The number of hydrogen-bond acceptors (Lipinski definition) is 3. The van der Waals surface area contributed by atoms with E-state index in [1.54, 1.807) is 12.1 Å². The van der Waals surface area contributed by atoms with Crippen LogP contribution in [0.2, 0.25) is 0 Å². The number of aromatic hydroxyl groups is 1. The zero-order valence-electron chi connectivity index (χ0n) is 8.16. The van der Waals surface area contributed by atoms with Gasteiger partial charge in [-0.15, -0.1) is 0 Å². The van der Waals surface area contributed by atoms with Crippen LogP contribution in [0.5, 0.6) is 5.75 Å². The van der Waals surface area contributed by atoms with Crippen LogP contribution in [0.3, 0.4) is 0 Å². The van der Waals surface area contributed by atoms with Crippen LogP contribution in [0.1, 0.15) is 30.9 Å². The molecule has 3 nitrogen and oxygen atoms in total. The fourth-order valence-electron chi connectivity index (χ4n) is 1.91. The van der Waals surface area contributed by atoms with E-state index in [9.17, 15) is 5.11 Å². The molecule has 1 heterocycles. The minimum atomic E-state index is 0.190. The van der Waals surface area contributed by atoms with Crippen molar-refractivity contribution in [3.63, 3.8) is 0 Å². The lowest BCUT2D eigenvalue weighted by Gasteiger charge is -2.24. The van der Waals surface area contributed by atoms with E-state index >= 15 is 0 Å². The van der Waals surface area contributed by atoms with Crippen molar-refractivity contribution in [3.05, 3.63) is 23.8 Å². The number of nitrogens with two attached hydrogens (primary N) is 1. The third kappa shape index (κ3) is 1.82. The number of benzene rings is 1. The van der Waals surface area contributed by atoms with Crippen molar-refractivity contribution in [1.29, 1.82) is 0 Å². The standard InChI is InChI=1S/C11H16N2O/c12-9-5-4-8(7-11(9)14)10-3-1-2-6-13-10/h4-5,7,10,13-14H,1-3,6,12H2. The Bertz CT molecular complexity index is 319. The molecule has 1 unspecified atom stereocenters. The summed E-state index contributed by atoms with van der Waals surface area (Å²) < 4.78 is 0. The van der Waals surface area contributed by atoms with Gasteiger partial charge in [-0.05, 0) is 37.1 Å². The molecule has 1 atom stereocenters. The number of phenolic OH excluding ortho intramolecular Hbond substituents is 1. The number of nitrogens with one attached hydrogen (secondary N) is 1. The van der Waals surface area contributed by atoms with Gasteiger partial charge in [-0.2, -0.15) is 0 Å². The molecule has 4 N–H and O–H groups in total. The van der Waals surface area contributed by atoms with E-state index in [1.807, 2.05) is 6.07 Å². The van der Waals surface area contributed by atoms with E-state index in [0.717, 1.165) is 18.5 Å². The van der Waals surface area contributed by atoms with Gasteiger partial charge in [0.05, 0.1) is 5.69 Å². The third-order valence-electron chi connectivity index (χ3n) is 2.77. The zero-order chi connectivity index (χ0) is 9.97. The maximum Gasteiger partial charge on any atom is 0.138 e. The van der Waals surface area contributed by atoms with Crippen LogP contribution < -0.4 is 11.1 Å². The van der Waals surface area contributed by atoms with Gasteiger partial charge in [-0.1, -0.05) is 12.5 Å². The molecule has 76 valence electrons. The van der Waals surface area contributed by atoms with Gasteiger partial charge >= 0.3 is 0 Å². The fraction of sp³-hybridized carbons (Fsp3) is 0.455. The van der Waals surface area contributed by atoms with E-state index in [2.05, 4.69) is 5.32 Å². The van der Waals surface area contributed by atoms with Gasteiger partial charge in [0.25, 0.3) is 0 Å². The summed E-state index contributed by atoms with van der Waals surface area (Å²) in [4.78, 5) is 0. The van der Waals surface area contributed by atoms with Crippen LogP contribution in [0.15, 0.2) is 18.2 Å². The van der Waals surface area contributed by atoms with Gasteiger partial charge in [-0.25, -0.2) is 0 Å². The maximum absolute atomic E-state index is 9.48. The van der Waals surface area contributed by atoms with Crippen LogP contribution in [0, 0.1) is 0 Å². The summed E-state index contributed by atoms with van der Waals surface area (Å²) in [6.07, 6.45) is 3.64. The van der Waals surface area contributed by atoms with Crippen molar-refractivity contribution >= 4 is 5.69 Å². The fourth-order valence-corrected chi connectivity index (χ4v) is 1.91. The Morgan fingerprint density at radius 3 is 2.86 bits per heavy atom. The molecule has 1 aliphatic rings. The molecular formula is C11H16N2O. The molecule has 0 bridgehead atoms.